The maximum absolute atomic E-state index is 13.2. The van der Waals surface area contributed by atoms with Crippen LogP contribution in [0.1, 0.15) is 22.2 Å². The highest BCUT2D eigenvalue weighted by Crippen LogP contribution is 2.40. The Hall–Kier alpha value is -3.00. The SMILES string of the molecule is CCOC(=O)c1c(NC(=O)/C=C/C(=O)O)sc(C)c1-c1ccc(F)cc1. The highest BCUT2D eigenvalue weighted by Gasteiger charge is 2.25. The van der Waals surface area contributed by atoms with Crippen molar-refractivity contribution < 1.29 is 28.6 Å². The second-order valence-corrected chi connectivity index (χ2v) is 6.35. The lowest BCUT2D eigenvalue weighted by Crippen LogP contribution is -2.13. The predicted molar refractivity (Wildman–Crippen MR) is 95.8 cm³/mol. The molecule has 26 heavy (non-hydrogen) atoms. The molecule has 0 aliphatic rings. The Morgan fingerprint density at radius 3 is 2.46 bits per heavy atom. The first-order chi connectivity index (χ1) is 12.3. The number of carbonyl (C=O) groups is 3. The fourth-order valence-corrected chi connectivity index (χ4v) is 3.36. The second kappa shape index (κ2) is 8.39. The lowest BCUT2D eigenvalue weighted by atomic mass is 10.0. The minimum absolute atomic E-state index is 0.142. The van der Waals surface area contributed by atoms with Gasteiger partial charge in [-0.2, -0.15) is 0 Å². The molecule has 1 heterocycles. The van der Waals surface area contributed by atoms with Crippen LogP contribution in [0.3, 0.4) is 0 Å². The summed E-state index contributed by atoms with van der Waals surface area (Å²) < 4.78 is 18.3. The van der Waals surface area contributed by atoms with Crippen molar-refractivity contribution in [2.45, 2.75) is 13.8 Å². The number of rotatable bonds is 6. The minimum Gasteiger partial charge on any atom is -0.478 e. The van der Waals surface area contributed by atoms with Crippen molar-refractivity contribution in [2.75, 3.05) is 11.9 Å². The van der Waals surface area contributed by atoms with Crippen LogP contribution in [0.4, 0.5) is 9.39 Å². The van der Waals surface area contributed by atoms with Crippen LogP contribution in [0.2, 0.25) is 0 Å². The fraction of sp³-hybridized carbons (Fsp3) is 0.167. The summed E-state index contributed by atoms with van der Waals surface area (Å²) >= 11 is 1.15. The first kappa shape index (κ1) is 19.3. The molecular weight excluding hydrogens is 361 g/mol. The van der Waals surface area contributed by atoms with Crippen LogP contribution >= 0.6 is 11.3 Å². The van der Waals surface area contributed by atoms with Gasteiger partial charge in [0.05, 0.1) is 6.61 Å². The Morgan fingerprint density at radius 1 is 1.23 bits per heavy atom. The van der Waals surface area contributed by atoms with Crippen molar-refractivity contribution in [3.8, 4) is 11.1 Å². The molecule has 0 aliphatic carbocycles. The maximum atomic E-state index is 13.2. The number of aryl methyl sites for hydroxylation is 1. The van der Waals surface area contributed by atoms with Crippen molar-refractivity contribution in [2.24, 2.45) is 0 Å². The van der Waals surface area contributed by atoms with Gasteiger partial charge in [-0.25, -0.2) is 14.0 Å². The summed E-state index contributed by atoms with van der Waals surface area (Å²) in [4.78, 5) is 35.6. The number of halogens is 1. The van der Waals surface area contributed by atoms with Crippen molar-refractivity contribution in [1.29, 1.82) is 0 Å². The van der Waals surface area contributed by atoms with Crippen LogP contribution in [0.15, 0.2) is 36.4 Å². The molecule has 0 saturated carbocycles. The summed E-state index contributed by atoms with van der Waals surface area (Å²) in [5, 5.41) is 11.3. The van der Waals surface area contributed by atoms with Gasteiger partial charge in [0.1, 0.15) is 16.4 Å². The monoisotopic (exact) mass is 377 g/mol. The highest BCUT2D eigenvalue weighted by atomic mass is 32.1. The molecule has 0 aliphatic heterocycles. The van der Waals surface area contributed by atoms with Crippen molar-refractivity contribution in [1.82, 2.24) is 0 Å². The number of carboxylic acids is 1. The van der Waals surface area contributed by atoms with Gasteiger partial charge in [-0.3, -0.25) is 4.79 Å². The molecule has 0 unspecified atom stereocenters. The molecule has 0 radical (unpaired) electrons. The highest BCUT2D eigenvalue weighted by molar-refractivity contribution is 7.17. The summed E-state index contributed by atoms with van der Waals surface area (Å²) in [6, 6.07) is 5.61. The molecule has 0 fully saturated rings. The molecule has 0 atom stereocenters. The number of nitrogens with one attached hydrogen (secondary N) is 1. The summed E-state index contributed by atoms with van der Waals surface area (Å²) in [6.07, 6.45) is 1.55. The van der Waals surface area contributed by atoms with E-state index < -0.39 is 23.7 Å². The predicted octanol–water partition coefficient (Wildman–Crippen LogP) is 3.62. The zero-order valence-electron chi connectivity index (χ0n) is 14.0. The molecule has 136 valence electrons. The van der Waals surface area contributed by atoms with E-state index in [2.05, 4.69) is 5.32 Å². The number of hydrogen-bond acceptors (Lipinski definition) is 5. The number of carboxylic acid groups (broad SMARTS) is 1. The fourth-order valence-electron chi connectivity index (χ4n) is 2.30. The second-order valence-electron chi connectivity index (χ2n) is 5.13. The van der Waals surface area contributed by atoms with E-state index in [-0.39, 0.29) is 17.2 Å². The van der Waals surface area contributed by atoms with E-state index in [1.165, 1.54) is 24.3 Å². The van der Waals surface area contributed by atoms with Crippen molar-refractivity contribution >= 4 is 34.2 Å². The molecule has 6 nitrogen and oxygen atoms in total. The largest absolute Gasteiger partial charge is 0.478 e. The molecule has 1 aromatic heterocycles. The molecule has 1 aromatic carbocycles. The summed E-state index contributed by atoms with van der Waals surface area (Å²) in [7, 11) is 0. The lowest BCUT2D eigenvalue weighted by molar-refractivity contribution is -0.131. The van der Waals surface area contributed by atoms with E-state index in [0.29, 0.717) is 17.2 Å². The van der Waals surface area contributed by atoms with Gasteiger partial charge in [0.25, 0.3) is 0 Å². The van der Waals surface area contributed by atoms with Crippen LogP contribution in [0, 0.1) is 12.7 Å². The van der Waals surface area contributed by atoms with Crippen LogP contribution in [0.5, 0.6) is 0 Å². The van der Waals surface area contributed by atoms with Gasteiger partial charge in [0, 0.05) is 22.6 Å². The number of aliphatic carboxylic acids is 1. The number of amides is 1. The maximum Gasteiger partial charge on any atom is 0.341 e. The van der Waals surface area contributed by atoms with Gasteiger partial charge in [0.15, 0.2) is 0 Å². The number of ether oxygens (including phenoxy) is 1. The summed E-state index contributed by atoms with van der Waals surface area (Å²) in [6.45, 7) is 3.56. The molecule has 1 amide bonds. The number of hydrogen-bond donors (Lipinski definition) is 2. The zero-order valence-corrected chi connectivity index (χ0v) is 14.9. The number of benzene rings is 1. The first-order valence-corrected chi connectivity index (χ1v) is 8.43. The average molecular weight is 377 g/mol. The van der Waals surface area contributed by atoms with E-state index in [9.17, 15) is 18.8 Å². The Kier molecular flexibility index (Phi) is 6.24. The Bertz CT molecular complexity index is 870. The van der Waals surface area contributed by atoms with Gasteiger partial charge in [-0.05, 0) is 31.5 Å². The van der Waals surface area contributed by atoms with Crippen LogP contribution < -0.4 is 5.32 Å². The van der Waals surface area contributed by atoms with E-state index >= 15 is 0 Å². The van der Waals surface area contributed by atoms with Gasteiger partial charge >= 0.3 is 11.9 Å². The number of esters is 1. The van der Waals surface area contributed by atoms with Crippen LogP contribution in [0.25, 0.3) is 11.1 Å². The smallest absolute Gasteiger partial charge is 0.341 e. The number of anilines is 1. The molecule has 0 saturated heterocycles. The standard InChI is InChI=1S/C18H16FNO5S/c1-3-25-18(24)16-15(11-4-6-12(19)7-5-11)10(2)26-17(16)20-13(21)8-9-14(22)23/h4-9H,3H2,1-2H3,(H,20,21)(H,22,23)/b9-8+. The van der Waals surface area contributed by atoms with E-state index in [0.717, 1.165) is 22.3 Å². The van der Waals surface area contributed by atoms with Gasteiger partial charge in [0.2, 0.25) is 5.91 Å². The molecule has 2 rings (SSSR count). The first-order valence-electron chi connectivity index (χ1n) is 7.62. The van der Waals surface area contributed by atoms with Gasteiger partial charge < -0.3 is 15.2 Å². The van der Waals surface area contributed by atoms with Crippen molar-refractivity contribution in [3.05, 3.63) is 52.7 Å². The third kappa shape index (κ3) is 4.54. The van der Waals surface area contributed by atoms with Gasteiger partial charge in [-0.15, -0.1) is 11.3 Å². The average Bonchev–Trinajstić information content (AvgIpc) is 2.90. The van der Waals surface area contributed by atoms with Crippen LogP contribution in [-0.2, 0) is 14.3 Å². The summed E-state index contributed by atoms with van der Waals surface area (Å²) in [5.41, 5.74) is 1.29. The third-order valence-electron chi connectivity index (χ3n) is 3.31. The third-order valence-corrected chi connectivity index (χ3v) is 4.33. The number of carbonyl (C=O) groups excluding carboxylic acids is 2. The van der Waals surface area contributed by atoms with E-state index in [4.69, 9.17) is 9.84 Å². The van der Waals surface area contributed by atoms with E-state index in [1.807, 2.05) is 0 Å². The van der Waals surface area contributed by atoms with Gasteiger partial charge in [-0.1, -0.05) is 12.1 Å². The lowest BCUT2D eigenvalue weighted by Gasteiger charge is -2.08. The molecule has 0 spiro atoms. The Balaban J connectivity index is 2.50. The zero-order chi connectivity index (χ0) is 19.3. The minimum atomic E-state index is -1.26. The van der Waals surface area contributed by atoms with E-state index in [1.54, 1.807) is 13.8 Å². The molecule has 0 bridgehead atoms. The van der Waals surface area contributed by atoms with Crippen molar-refractivity contribution in [3.63, 3.8) is 0 Å². The quantitative estimate of drug-likeness (QED) is 0.592. The Labute approximate surface area is 152 Å². The topological polar surface area (TPSA) is 92.7 Å². The molecule has 2 aromatic rings. The Morgan fingerprint density at radius 2 is 1.88 bits per heavy atom. The summed E-state index contributed by atoms with van der Waals surface area (Å²) in [5.74, 6) is -3.00. The normalized spacial score (nSPS) is 10.7. The number of thiophene rings is 1. The molecule has 2 N–H and O–H groups in total. The molecule has 8 heteroatoms. The molecular formula is C18H16FNO5S. The van der Waals surface area contributed by atoms with Crippen LogP contribution in [-0.4, -0.2) is 29.6 Å².